The molecule has 2 heteroatoms. The highest BCUT2D eigenvalue weighted by molar-refractivity contribution is 5.83. The molecule has 2 aromatic carbocycles. The minimum atomic E-state index is 0.768. The highest BCUT2D eigenvalue weighted by Crippen LogP contribution is 2.12. The van der Waals surface area contributed by atoms with Gasteiger partial charge in [-0.1, -0.05) is 36.3 Å². The van der Waals surface area contributed by atoms with Crippen molar-refractivity contribution in [1.82, 2.24) is 9.97 Å². The molecule has 1 heterocycles. The summed E-state index contributed by atoms with van der Waals surface area (Å²) in [5.41, 5.74) is 2.68. The molecule has 18 heavy (non-hydrogen) atoms. The first-order valence-corrected chi connectivity index (χ1v) is 5.70. The lowest BCUT2D eigenvalue weighted by molar-refractivity contribution is 1.20. The van der Waals surface area contributed by atoms with E-state index in [1.165, 1.54) is 0 Å². The van der Waals surface area contributed by atoms with E-state index in [1.54, 1.807) is 6.33 Å². The van der Waals surface area contributed by atoms with Gasteiger partial charge >= 0.3 is 0 Å². The van der Waals surface area contributed by atoms with Crippen LogP contribution in [0.25, 0.3) is 10.9 Å². The Hall–Kier alpha value is -2.66. The van der Waals surface area contributed by atoms with Crippen LogP contribution in [0.2, 0.25) is 0 Å². The second kappa shape index (κ2) is 4.68. The zero-order valence-corrected chi connectivity index (χ0v) is 9.67. The molecule has 0 aliphatic heterocycles. The maximum atomic E-state index is 4.24. The molecule has 0 saturated carbocycles. The number of aromatic nitrogens is 2. The Balaban J connectivity index is 2.09. The molecular formula is C16H10N2. The lowest BCUT2D eigenvalue weighted by atomic mass is 10.1. The molecule has 0 N–H and O–H groups in total. The van der Waals surface area contributed by atoms with Crippen molar-refractivity contribution in [3.63, 3.8) is 0 Å². The van der Waals surface area contributed by atoms with E-state index in [2.05, 4.69) is 21.8 Å². The molecule has 0 aliphatic carbocycles. The Morgan fingerprint density at radius 1 is 0.722 bits per heavy atom. The van der Waals surface area contributed by atoms with Crippen LogP contribution in [-0.4, -0.2) is 9.97 Å². The number of fused-ring (bicyclic) bond motifs is 1. The van der Waals surface area contributed by atoms with Gasteiger partial charge < -0.3 is 0 Å². The summed E-state index contributed by atoms with van der Waals surface area (Å²) in [5.74, 6) is 6.22. The van der Waals surface area contributed by atoms with Gasteiger partial charge in [-0.05, 0) is 30.2 Å². The van der Waals surface area contributed by atoms with E-state index in [-0.39, 0.29) is 0 Å². The second-order valence-corrected chi connectivity index (χ2v) is 3.86. The van der Waals surface area contributed by atoms with Gasteiger partial charge in [0.1, 0.15) is 12.0 Å². The molecule has 84 valence electrons. The van der Waals surface area contributed by atoms with Gasteiger partial charge in [-0.3, -0.25) is 0 Å². The predicted molar refractivity (Wildman–Crippen MR) is 72.0 cm³/mol. The number of benzene rings is 2. The van der Waals surface area contributed by atoms with Gasteiger partial charge in [-0.25, -0.2) is 9.97 Å². The SMILES string of the molecule is C(#Cc1ncnc2ccccc12)c1ccccc1. The fourth-order valence-electron chi connectivity index (χ4n) is 1.76. The maximum Gasteiger partial charge on any atom is 0.124 e. The zero-order chi connectivity index (χ0) is 12.2. The minimum absolute atomic E-state index is 0.768. The molecule has 0 unspecified atom stereocenters. The summed E-state index contributed by atoms with van der Waals surface area (Å²) in [6.45, 7) is 0. The predicted octanol–water partition coefficient (Wildman–Crippen LogP) is 3.03. The van der Waals surface area contributed by atoms with Crippen LogP contribution in [0, 0.1) is 11.8 Å². The van der Waals surface area contributed by atoms with Crippen LogP contribution < -0.4 is 0 Å². The molecular weight excluding hydrogens is 220 g/mol. The summed E-state index contributed by atoms with van der Waals surface area (Å²) in [7, 11) is 0. The minimum Gasteiger partial charge on any atom is -0.236 e. The van der Waals surface area contributed by atoms with Gasteiger partial charge in [-0.2, -0.15) is 0 Å². The number of nitrogens with zero attached hydrogens (tertiary/aromatic N) is 2. The first-order chi connectivity index (χ1) is 8.93. The van der Waals surface area contributed by atoms with Crippen LogP contribution in [0.5, 0.6) is 0 Å². The molecule has 0 bridgehead atoms. The lowest BCUT2D eigenvalue weighted by Gasteiger charge is -1.97. The third kappa shape index (κ3) is 2.07. The van der Waals surface area contributed by atoms with Crippen molar-refractivity contribution in [2.75, 3.05) is 0 Å². The van der Waals surface area contributed by atoms with E-state index in [0.29, 0.717) is 0 Å². The molecule has 0 aliphatic rings. The Kier molecular flexibility index (Phi) is 2.73. The molecule has 0 fully saturated rings. The molecule has 3 aromatic rings. The van der Waals surface area contributed by atoms with E-state index in [9.17, 15) is 0 Å². The van der Waals surface area contributed by atoms with Crippen molar-refractivity contribution in [1.29, 1.82) is 0 Å². The van der Waals surface area contributed by atoms with E-state index in [4.69, 9.17) is 0 Å². The van der Waals surface area contributed by atoms with Crippen LogP contribution in [0.15, 0.2) is 60.9 Å². The number of hydrogen-bond donors (Lipinski definition) is 0. The average molecular weight is 230 g/mol. The number of hydrogen-bond acceptors (Lipinski definition) is 2. The first kappa shape index (κ1) is 10.5. The third-order valence-electron chi connectivity index (χ3n) is 2.64. The molecule has 0 saturated heterocycles. The van der Waals surface area contributed by atoms with E-state index < -0.39 is 0 Å². The van der Waals surface area contributed by atoms with Crippen LogP contribution in [0.4, 0.5) is 0 Å². The normalized spacial score (nSPS) is 9.78. The quantitative estimate of drug-likeness (QED) is 0.555. The van der Waals surface area contributed by atoms with E-state index >= 15 is 0 Å². The average Bonchev–Trinajstić information content (AvgIpc) is 2.46. The van der Waals surface area contributed by atoms with Gasteiger partial charge in [0.25, 0.3) is 0 Å². The smallest absolute Gasteiger partial charge is 0.124 e. The summed E-state index contributed by atoms with van der Waals surface area (Å²) in [6, 6.07) is 17.8. The number of para-hydroxylation sites is 1. The van der Waals surface area contributed by atoms with Crippen LogP contribution in [0.3, 0.4) is 0 Å². The zero-order valence-electron chi connectivity index (χ0n) is 9.67. The summed E-state index contributed by atoms with van der Waals surface area (Å²) < 4.78 is 0. The van der Waals surface area contributed by atoms with Crippen LogP contribution in [-0.2, 0) is 0 Å². The number of rotatable bonds is 0. The van der Waals surface area contributed by atoms with E-state index in [0.717, 1.165) is 22.2 Å². The van der Waals surface area contributed by atoms with Gasteiger partial charge in [0.2, 0.25) is 0 Å². The van der Waals surface area contributed by atoms with Crippen molar-refractivity contribution in [3.8, 4) is 11.8 Å². The standard InChI is InChI=1S/C16H10N2/c1-2-6-13(7-3-1)10-11-16-14-8-4-5-9-15(14)17-12-18-16/h1-9,12H. The Morgan fingerprint density at radius 2 is 1.50 bits per heavy atom. The van der Waals surface area contributed by atoms with Crippen molar-refractivity contribution in [2.45, 2.75) is 0 Å². The summed E-state index contributed by atoms with van der Waals surface area (Å²) >= 11 is 0. The van der Waals surface area contributed by atoms with Gasteiger partial charge in [-0.15, -0.1) is 0 Å². The van der Waals surface area contributed by atoms with Crippen LogP contribution in [0.1, 0.15) is 11.3 Å². The Bertz CT molecular complexity index is 732. The Labute approximate surface area is 105 Å². The van der Waals surface area contributed by atoms with Gasteiger partial charge in [0.15, 0.2) is 0 Å². The molecule has 0 amide bonds. The van der Waals surface area contributed by atoms with E-state index in [1.807, 2.05) is 54.6 Å². The summed E-state index contributed by atoms with van der Waals surface area (Å²) in [6.07, 6.45) is 1.55. The molecule has 1 aromatic heterocycles. The van der Waals surface area contributed by atoms with Crippen molar-refractivity contribution >= 4 is 10.9 Å². The van der Waals surface area contributed by atoms with Crippen molar-refractivity contribution < 1.29 is 0 Å². The molecule has 0 atom stereocenters. The first-order valence-electron chi connectivity index (χ1n) is 5.70. The Morgan fingerprint density at radius 3 is 2.39 bits per heavy atom. The summed E-state index contributed by atoms with van der Waals surface area (Å²) in [4.78, 5) is 8.46. The monoisotopic (exact) mass is 230 g/mol. The fraction of sp³-hybridized carbons (Fsp3) is 0. The van der Waals surface area contributed by atoms with Crippen LogP contribution >= 0.6 is 0 Å². The largest absolute Gasteiger partial charge is 0.236 e. The molecule has 3 rings (SSSR count). The topological polar surface area (TPSA) is 25.8 Å². The molecule has 2 nitrogen and oxygen atoms in total. The fourth-order valence-corrected chi connectivity index (χ4v) is 1.76. The van der Waals surface area contributed by atoms with Gasteiger partial charge in [0, 0.05) is 10.9 Å². The molecule has 0 radical (unpaired) electrons. The molecule has 0 spiro atoms. The third-order valence-corrected chi connectivity index (χ3v) is 2.64. The van der Waals surface area contributed by atoms with Crippen molar-refractivity contribution in [2.24, 2.45) is 0 Å². The summed E-state index contributed by atoms with van der Waals surface area (Å²) in [5, 5.41) is 0.989. The second-order valence-electron chi connectivity index (χ2n) is 3.86. The highest BCUT2D eigenvalue weighted by Gasteiger charge is 1.98. The highest BCUT2D eigenvalue weighted by atomic mass is 14.8. The maximum absolute atomic E-state index is 4.24. The van der Waals surface area contributed by atoms with Gasteiger partial charge in [0.05, 0.1) is 5.52 Å². The lowest BCUT2D eigenvalue weighted by Crippen LogP contribution is -1.88. The van der Waals surface area contributed by atoms with Crippen molar-refractivity contribution in [3.05, 3.63) is 72.2 Å².